The van der Waals surface area contributed by atoms with Crippen LogP contribution in [0.15, 0.2) is 12.7 Å². The molecule has 6 N–H and O–H groups in total. The van der Waals surface area contributed by atoms with Crippen LogP contribution < -0.4 is 11.1 Å². The second kappa shape index (κ2) is 7.72. The molecule has 2 aromatic rings. The van der Waals surface area contributed by atoms with Crippen LogP contribution in [0.5, 0.6) is 0 Å². The molecular weight excluding hydrogens is 364 g/mol. The summed E-state index contributed by atoms with van der Waals surface area (Å²) in [7, 11) is 0. The number of nitrogens with two attached hydrogens (primary N) is 1. The zero-order chi connectivity index (χ0) is 18.8. The maximum Gasteiger partial charge on any atom is 0.320 e. The van der Waals surface area contributed by atoms with Gasteiger partial charge in [0.05, 0.1) is 6.33 Å². The molecule has 1 aliphatic rings. The van der Waals surface area contributed by atoms with Gasteiger partial charge in [0.2, 0.25) is 0 Å². The summed E-state index contributed by atoms with van der Waals surface area (Å²) >= 11 is 4.03. The average Bonchev–Trinajstić information content (AvgIpc) is 3.15. The van der Waals surface area contributed by atoms with E-state index in [0.717, 1.165) is 0 Å². The Bertz CT molecular complexity index is 788. The van der Waals surface area contributed by atoms with Crippen molar-refractivity contribution >= 4 is 35.6 Å². The number of nitrogen functional groups attached to an aromatic ring is 1. The van der Waals surface area contributed by atoms with Crippen molar-refractivity contribution in [2.24, 2.45) is 0 Å². The molecule has 142 valence electrons. The third-order valence-corrected chi connectivity index (χ3v) is 4.54. The van der Waals surface area contributed by atoms with Crippen LogP contribution >= 0.6 is 12.6 Å². The molecule has 0 unspecified atom stereocenters. The highest BCUT2D eigenvalue weighted by Crippen LogP contribution is 2.31. The molecule has 1 aliphatic heterocycles. The first-order valence-electron chi connectivity index (χ1n) is 7.95. The molecule has 0 radical (unpaired) electrons. The Morgan fingerprint density at radius 2 is 2.15 bits per heavy atom. The summed E-state index contributed by atoms with van der Waals surface area (Å²) < 4.78 is 7.20. The minimum absolute atomic E-state index is 0.0449. The van der Waals surface area contributed by atoms with E-state index >= 15 is 0 Å². The van der Waals surface area contributed by atoms with Gasteiger partial charge in [-0.15, -0.1) is 0 Å². The lowest BCUT2D eigenvalue weighted by atomic mass is 10.1. The number of aromatic nitrogens is 4. The molecular formula is C14H20N6O5S. The number of nitrogens with one attached hydrogen (secondary N) is 1. The molecule has 0 aliphatic carbocycles. The standard InChI is InChI=1S/C14H20N6O5S/c15-11-8-12(18-4-17-11)20(5-19-8)13-10(22)9(21)7(25-13)3-16-6(1-2-26)14(23)24/h4-7,9-10,13,16,21-22,26H,1-3H2,(H,23,24)(H2,15,17,18)/t6-,7+,9+,10+,13+/m0/s1. The van der Waals surface area contributed by atoms with E-state index in [1.807, 2.05) is 0 Å². The number of hydrogen-bond acceptors (Lipinski definition) is 10. The highest BCUT2D eigenvalue weighted by molar-refractivity contribution is 7.80. The van der Waals surface area contributed by atoms with Gasteiger partial charge in [0, 0.05) is 6.54 Å². The normalized spacial score (nSPS) is 27.0. The van der Waals surface area contributed by atoms with Crippen LogP contribution in [0.1, 0.15) is 12.6 Å². The zero-order valence-electron chi connectivity index (χ0n) is 13.6. The van der Waals surface area contributed by atoms with Crippen molar-refractivity contribution in [3.05, 3.63) is 12.7 Å². The van der Waals surface area contributed by atoms with E-state index in [9.17, 15) is 15.0 Å². The molecule has 12 heteroatoms. The lowest BCUT2D eigenvalue weighted by molar-refractivity contribution is -0.139. The Morgan fingerprint density at radius 1 is 1.38 bits per heavy atom. The van der Waals surface area contributed by atoms with Gasteiger partial charge in [0.15, 0.2) is 17.7 Å². The third-order valence-electron chi connectivity index (χ3n) is 4.28. The highest BCUT2D eigenvalue weighted by atomic mass is 32.1. The van der Waals surface area contributed by atoms with Crippen LogP contribution in [0.3, 0.4) is 0 Å². The molecule has 2 aromatic heterocycles. The van der Waals surface area contributed by atoms with Gasteiger partial charge in [-0.1, -0.05) is 0 Å². The van der Waals surface area contributed by atoms with Crippen LogP contribution in [0.2, 0.25) is 0 Å². The van der Waals surface area contributed by atoms with Crippen LogP contribution in [0, 0.1) is 0 Å². The number of ether oxygens (including phenoxy) is 1. The quantitative estimate of drug-likeness (QED) is 0.305. The number of carboxylic acid groups (broad SMARTS) is 1. The first-order chi connectivity index (χ1) is 12.4. The maximum atomic E-state index is 11.2. The van der Waals surface area contributed by atoms with Crippen molar-refractivity contribution in [1.29, 1.82) is 0 Å². The minimum Gasteiger partial charge on any atom is -0.480 e. The Labute approximate surface area is 153 Å². The topological polar surface area (TPSA) is 169 Å². The first kappa shape index (κ1) is 18.8. The summed E-state index contributed by atoms with van der Waals surface area (Å²) in [4.78, 5) is 23.2. The predicted octanol–water partition coefficient (Wildman–Crippen LogP) is -1.61. The number of nitrogens with zero attached hydrogens (tertiary/aromatic N) is 4. The molecule has 0 spiro atoms. The van der Waals surface area contributed by atoms with E-state index in [-0.39, 0.29) is 12.4 Å². The molecule has 0 amide bonds. The van der Waals surface area contributed by atoms with Crippen molar-refractivity contribution in [3.63, 3.8) is 0 Å². The fraction of sp³-hybridized carbons (Fsp3) is 0.571. The number of rotatable bonds is 7. The molecule has 5 atom stereocenters. The van der Waals surface area contributed by atoms with E-state index in [1.54, 1.807) is 0 Å². The number of anilines is 1. The number of carbonyl (C=O) groups is 1. The second-order valence-electron chi connectivity index (χ2n) is 5.94. The van der Waals surface area contributed by atoms with Crippen molar-refractivity contribution < 1.29 is 24.9 Å². The fourth-order valence-corrected chi connectivity index (χ4v) is 3.14. The summed E-state index contributed by atoms with van der Waals surface area (Å²) in [5.74, 6) is -0.432. The van der Waals surface area contributed by atoms with Gasteiger partial charge in [0.25, 0.3) is 0 Å². The molecule has 11 nitrogen and oxygen atoms in total. The molecule has 3 heterocycles. The number of aliphatic carboxylic acids is 1. The van der Waals surface area contributed by atoms with Gasteiger partial charge in [0.1, 0.15) is 36.2 Å². The zero-order valence-corrected chi connectivity index (χ0v) is 14.5. The minimum atomic E-state index is -1.25. The van der Waals surface area contributed by atoms with Crippen LogP contribution in [-0.4, -0.2) is 77.5 Å². The molecule has 26 heavy (non-hydrogen) atoms. The third kappa shape index (κ3) is 3.46. The van der Waals surface area contributed by atoms with E-state index < -0.39 is 36.6 Å². The molecule has 0 bridgehead atoms. The number of aliphatic hydroxyl groups excluding tert-OH is 2. The summed E-state index contributed by atoms with van der Waals surface area (Å²) in [5, 5.41) is 32.6. The number of fused-ring (bicyclic) bond motifs is 1. The number of thiol groups is 1. The Kier molecular flexibility index (Phi) is 5.58. The summed E-state index contributed by atoms with van der Waals surface area (Å²) in [5.41, 5.74) is 6.47. The Balaban J connectivity index is 1.75. The first-order valence-corrected chi connectivity index (χ1v) is 8.59. The SMILES string of the molecule is Nc1ncnc2c1ncn2[C@@H]1O[C@H](CN[C@@H](CCS)C(=O)O)[C@@H](O)[C@H]1O. The Hall–Kier alpha value is -1.99. The maximum absolute atomic E-state index is 11.2. The second-order valence-corrected chi connectivity index (χ2v) is 6.39. The smallest absolute Gasteiger partial charge is 0.320 e. The van der Waals surface area contributed by atoms with E-state index in [4.69, 9.17) is 15.6 Å². The van der Waals surface area contributed by atoms with Crippen molar-refractivity contribution in [2.45, 2.75) is 37.0 Å². The van der Waals surface area contributed by atoms with Gasteiger partial charge < -0.3 is 31.1 Å². The molecule has 3 rings (SSSR count). The average molecular weight is 384 g/mol. The Morgan fingerprint density at radius 3 is 2.85 bits per heavy atom. The number of hydrogen-bond donors (Lipinski definition) is 6. The molecule has 0 saturated carbocycles. The number of aliphatic hydroxyl groups is 2. The lowest BCUT2D eigenvalue weighted by Gasteiger charge is -2.19. The molecule has 1 saturated heterocycles. The monoisotopic (exact) mass is 384 g/mol. The van der Waals surface area contributed by atoms with Gasteiger partial charge >= 0.3 is 5.97 Å². The number of carboxylic acids is 1. The molecule has 0 aromatic carbocycles. The summed E-state index contributed by atoms with van der Waals surface area (Å²) in [6.45, 7) is 0.0449. The van der Waals surface area contributed by atoms with Gasteiger partial charge in [-0.25, -0.2) is 15.0 Å². The van der Waals surface area contributed by atoms with Crippen LogP contribution in [0.25, 0.3) is 11.2 Å². The highest BCUT2D eigenvalue weighted by Gasteiger charge is 2.44. The summed E-state index contributed by atoms with van der Waals surface area (Å²) in [6, 6.07) is -0.818. The van der Waals surface area contributed by atoms with Crippen molar-refractivity contribution in [1.82, 2.24) is 24.8 Å². The summed E-state index contributed by atoms with van der Waals surface area (Å²) in [6.07, 6.45) is -1.24. The van der Waals surface area contributed by atoms with Gasteiger partial charge in [-0.2, -0.15) is 12.6 Å². The van der Waals surface area contributed by atoms with E-state index in [0.29, 0.717) is 23.3 Å². The fourth-order valence-electron chi connectivity index (χ4n) is 2.88. The van der Waals surface area contributed by atoms with E-state index in [2.05, 4.69) is 32.9 Å². The van der Waals surface area contributed by atoms with E-state index in [1.165, 1.54) is 17.2 Å². The largest absolute Gasteiger partial charge is 0.480 e. The predicted molar refractivity (Wildman–Crippen MR) is 93.6 cm³/mol. The molecule has 1 fully saturated rings. The number of imidazole rings is 1. The van der Waals surface area contributed by atoms with Crippen LogP contribution in [-0.2, 0) is 9.53 Å². The van der Waals surface area contributed by atoms with Gasteiger partial charge in [-0.05, 0) is 12.2 Å². The van der Waals surface area contributed by atoms with Gasteiger partial charge in [-0.3, -0.25) is 9.36 Å². The van der Waals surface area contributed by atoms with Crippen molar-refractivity contribution in [3.8, 4) is 0 Å². The van der Waals surface area contributed by atoms with Crippen LogP contribution in [0.4, 0.5) is 5.82 Å². The van der Waals surface area contributed by atoms with Crippen molar-refractivity contribution in [2.75, 3.05) is 18.0 Å². The lowest BCUT2D eigenvalue weighted by Crippen LogP contribution is -2.44.